The van der Waals surface area contributed by atoms with Crippen LogP contribution in [0.5, 0.6) is 0 Å². The molecule has 0 amide bonds. The molecule has 0 fully saturated rings. The fourth-order valence-corrected chi connectivity index (χ4v) is 0.940. The first-order valence-electron chi connectivity index (χ1n) is 3.82. The van der Waals surface area contributed by atoms with Crippen LogP contribution in [0.15, 0.2) is 35.3 Å². The van der Waals surface area contributed by atoms with Gasteiger partial charge in [0, 0.05) is 0 Å². The molecule has 1 N–H and O–H groups in total. The molecule has 0 saturated heterocycles. The molecule has 0 atom stereocenters. The molecule has 0 unspecified atom stereocenters. The number of hydrogen-bond acceptors (Lipinski definition) is 3. The Labute approximate surface area is 76.1 Å². The van der Waals surface area contributed by atoms with E-state index in [4.69, 9.17) is 5.11 Å². The second-order valence-electron chi connectivity index (χ2n) is 2.38. The summed E-state index contributed by atoms with van der Waals surface area (Å²) in [4.78, 5) is 13.4. The summed E-state index contributed by atoms with van der Waals surface area (Å²) in [5.41, 5.74) is 1.46. The molecule has 1 rings (SSSR count). The van der Waals surface area contributed by atoms with Crippen LogP contribution in [0.4, 0.5) is 5.69 Å². The number of benzene rings is 1. The predicted molar refractivity (Wildman–Crippen MR) is 50.3 cm³/mol. The number of aliphatic hydroxyl groups excluding tert-OH is 1. The van der Waals surface area contributed by atoms with Gasteiger partial charge in [0.05, 0.1) is 12.3 Å². The average Bonchev–Trinajstić information content (AvgIpc) is 2.16. The summed E-state index contributed by atoms with van der Waals surface area (Å²) >= 11 is 0. The highest BCUT2D eigenvalue weighted by molar-refractivity contribution is 5.57. The van der Waals surface area contributed by atoms with Crippen LogP contribution in [-0.4, -0.2) is 17.8 Å². The van der Waals surface area contributed by atoms with Crippen molar-refractivity contribution in [1.82, 2.24) is 0 Å². The zero-order chi connectivity index (χ0) is 9.52. The maximum atomic E-state index is 9.95. The van der Waals surface area contributed by atoms with Crippen LogP contribution in [0.2, 0.25) is 0 Å². The van der Waals surface area contributed by atoms with Gasteiger partial charge in [-0.05, 0) is 17.7 Å². The van der Waals surface area contributed by atoms with E-state index in [0.717, 1.165) is 5.56 Å². The monoisotopic (exact) mass is 175 g/mol. The Morgan fingerprint density at radius 1 is 1.54 bits per heavy atom. The number of carbonyl (C=O) groups excluding carboxylic acids is 1. The van der Waals surface area contributed by atoms with E-state index in [1.54, 1.807) is 30.4 Å². The maximum Gasteiger partial charge on any atom is 0.240 e. The third-order valence-electron chi connectivity index (χ3n) is 1.46. The van der Waals surface area contributed by atoms with Gasteiger partial charge in [0.2, 0.25) is 6.08 Å². The van der Waals surface area contributed by atoms with Crippen molar-refractivity contribution in [2.75, 3.05) is 6.61 Å². The number of rotatable bonds is 3. The van der Waals surface area contributed by atoms with Crippen molar-refractivity contribution in [3.05, 3.63) is 35.9 Å². The first-order chi connectivity index (χ1) is 6.36. The lowest BCUT2D eigenvalue weighted by Crippen LogP contribution is -1.74. The van der Waals surface area contributed by atoms with Gasteiger partial charge in [-0.1, -0.05) is 24.3 Å². The number of isocyanates is 1. The fourth-order valence-electron chi connectivity index (χ4n) is 0.940. The fraction of sp³-hybridized carbons (Fsp3) is 0.100. The van der Waals surface area contributed by atoms with Gasteiger partial charge >= 0.3 is 0 Å². The maximum absolute atomic E-state index is 9.95. The molecule has 0 spiro atoms. The molecule has 13 heavy (non-hydrogen) atoms. The van der Waals surface area contributed by atoms with Crippen LogP contribution >= 0.6 is 0 Å². The van der Waals surface area contributed by atoms with Gasteiger partial charge in [0.15, 0.2) is 0 Å². The molecule has 1 aromatic rings. The molecular weight excluding hydrogens is 166 g/mol. The summed E-state index contributed by atoms with van der Waals surface area (Å²) in [5, 5.41) is 8.53. The van der Waals surface area contributed by atoms with E-state index < -0.39 is 0 Å². The molecule has 0 aliphatic rings. The van der Waals surface area contributed by atoms with Crippen LogP contribution in [0.25, 0.3) is 6.08 Å². The standard InChI is InChI=1S/C10H9NO2/c12-6-2-4-9-3-1-5-10(7-9)11-8-13/h1-5,7,12H,6H2. The number of aliphatic imine (C=N–C) groups is 1. The topological polar surface area (TPSA) is 49.7 Å². The van der Waals surface area contributed by atoms with E-state index in [-0.39, 0.29) is 6.61 Å². The number of aliphatic hydroxyl groups is 1. The van der Waals surface area contributed by atoms with Crippen molar-refractivity contribution < 1.29 is 9.90 Å². The summed E-state index contributed by atoms with van der Waals surface area (Å²) in [7, 11) is 0. The third-order valence-corrected chi connectivity index (χ3v) is 1.46. The van der Waals surface area contributed by atoms with Crippen molar-refractivity contribution in [1.29, 1.82) is 0 Å². The molecule has 3 heteroatoms. The molecule has 66 valence electrons. The van der Waals surface area contributed by atoms with E-state index >= 15 is 0 Å². The number of hydrogen-bond donors (Lipinski definition) is 1. The van der Waals surface area contributed by atoms with Crippen molar-refractivity contribution in [2.24, 2.45) is 4.99 Å². The highest BCUT2D eigenvalue weighted by Gasteiger charge is 1.89. The summed E-state index contributed by atoms with van der Waals surface area (Å²) in [6.07, 6.45) is 4.84. The predicted octanol–water partition coefficient (Wildman–Crippen LogP) is 1.66. The lowest BCUT2D eigenvalue weighted by Gasteiger charge is -1.93. The minimum absolute atomic E-state index is 0.00117. The first kappa shape index (κ1) is 9.39. The van der Waals surface area contributed by atoms with Gasteiger partial charge in [0.25, 0.3) is 0 Å². The van der Waals surface area contributed by atoms with Crippen molar-refractivity contribution >= 4 is 17.8 Å². The molecular formula is C10H9NO2. The SMILES string of the molecule is O=C=Nc1cccc(C=CCO)c1. The zero-order valence-corrected chi connectivity index (χ0v) is 6.97. The van der Waals surface area contributed by atoms with Gasteiger partial charge in [-0.15, -0.1) is 0 Å². The largest absolute Gasteiger partial charge is 0.392 e. The normalized spacial score (nSPS) is 9.92. The zero-order valence-electron chi connectivity index (χ0n) is 6.97. The molecule has 0 bridgehead atoms. The second kappa shape index (κ2) is 5.04. The van der Waals surface area contributed by atoms with E-state index in [1.807, 2.05) is 6.07 Å². The minimum atomic E-state index is 0.00117. The van der Waals surface area contributed by atoms with Crippen LogP contribution in [0.1, 0.15) is 5.56 Å². The van der Waals surface area contributed by atoms with Gasteiger partial charge in [-0.3, -0.25) is 0 Å². The van der Waals surface area contributed by atoms with Crippen LogP contribution in [0.3, 0.4) is 0 Å². The van der Waals surface area contributed by atoms with E-state index in [0.29, 0.717) is 5.69 Å². The van der Waals surface area contributed by atoms with Crippen molar-refractivity contribution in [3.8, 4) is 0 Å². The van der Waals surface area contributed by atoms with Crippen LogP contribution in [0, 0.1) is 0 Å². The lowest BCUT2D eigenvalue weighted by molar-refractivity contribution is 0.343. The van der Waals surface area contributed by atoms with E-state index in [2.05, 4.69) is 4.99 Å². The Bertz CT molecular complexity index is 352. The molecule has 0 saturated carbocycles. The highest BCUT2D eigenvalue weighted by atomic mass is 16.2. The Hall–Kier alpha value is -1.70. The molecule has 0 aromatic heterocycles. The molecule has 0 aliphatic carbocycles. The van der Waals surface area contributed by atoms with Gasteiger partial charge in [-0.25, -0.2) is 4.79 Å². The molecule has 0 aliphatic heterocycles. The van der Waals surface area contributed by atoms with Crippen molar-refractivity contribution in [2.45, 2.75) is 0 Å². The number of nitrogens with zero attached hydrogens (tertiary/aromatic N) is 1. The Kier molecular flexibility index (Phi) is 3.64. The molecule has 0 heterocycles. The van der Waals surface area contributed by atoms with Crippen molar-refractivity contribution in [3.63, 3.8) is 0 Å². The molecule has 1 aromatic carbocycles. The smallest absolute Gasteiger partial charge is 0.240 e. The Morgan fingerprint density at radius 2 is 2.38 bits per heavy atom. The molecule has 3 nitrogen and oxygen atoms in total. The summed E-state index contributed by atoms with van der Waals surface area (Å²) in [5.74, 6) is 0. The summed E-state index contributed by atoms with van der Waals surface area (Å²) in [6.45, 7) is 0.00117. The Morgan fingerprint density at radius 3 is 3.08 bits per heavy atom. The van der Waals surface area contributed by atoms with Gasteiger partial charge < -0.3 is 5.11 Å². The van der Waals surface area contributed by atoms with E-state index in [9.17, 15) is 4.79 Å². The van der Waals surface area contributed by atoms with Gasteiger partial charge in [0.1, 0.15) is 0 Å². The third kappa shape index (κ3) is 3.03. The highest BCUT2D eigenvalue weighted by Crippen LogP contribution is 2.13. The summed E-state index contributed by atoms with van der Waals surface area (Å²) < 4.78 is 0. The average molecular weight is 175 g/mol. The van der Waals surface area contributed by atoms with Crippen LogP contribution < -0.4 is 0 Å². The quantitative estimate of drug-likeness (QED) is 0.561. The summed E-state index contributed by atoms with van der Waals surface area (Å²) in [6, 6.07) is 7.08. The first-order valence-corrected chi connectivity index (χ1v) is 3.82. The second-order valence-corrected chi connectivity index (χ2v) is 2.38. The Balaban J connectivity index is 2.91. The molecule has 0 radical (unpaired) electrons. The minimum Gasteiger partial charge on any atom is -0.392 e. The van der Waals surface area contributed by atoms with E-state index in [1.165, 1.54) is 6.08 Å². The lowest BCUT2D eigenvalue weighted by atomic mass is 10.2. The van der Waals surface area contributed by atoms with Crippen LogP contribution in [-0.2, 0) is 4.79 Å². The van der Waals surface area contributed by atoms with Gasteiger partial charge in [-0.2, -0.15) is 4.99 Å².